The molecule has 0 bridgehead atoms. The lowest BCUT2D eigenvalue weighted by Gasteiger charge is -2.05. The van der Waals surface area contributed by atoms with Gasteiger partial charge >= 0.3 is 0 Å². The smallest absolute Gasteiger partial charge is 0.221 e. The lowest BCUT2D eigenvalue weighted by atomic mass is 10.4. The van der Waals surface area contributed by atoms with Crippen LogP contribution in [-0.4, -0.2) is 22.0 Å². The van der Waals surface area contributed by atoms with Crippen molar-refractivity contribution in [1.82, 2.24) is 14.9 Å². The molecule has 1 aromatic heterocycles. The molecule has 1 amide bonds. The predicted octanol–water partition coefficient (Wildman–Crippen LogP) is -0.132. The summed E-state index contributed by atoms with van der Waals surface area (Å²) in [6.45, 7) is 3.62. The van der Waals surface area contributed by atoms with Crippen LogP contribution in [0.5, 0.6) is 0 Å². The largest absolute Gasteiger partial charge is 0.356 e. The van der Waals surface area contributed by atoms with E-state index in [0.717, 1.165) is 5.82 Å². The van der Waals surface area contributed by atoms with E-state index in [2.05, 4.69) is 10.3 Å². The quantitative estimate of drug-likeness (QED) is 0.689. The summed E-state index contributed by atoms with van der Waals surface area (Å²) in [6.07, 6.45) is 4.00. The van der Waals surface area contributed by atoms with Crippen LogP contribution in [-0.2, 0) is 17.9 Å². The summed E-state index contributed by atoms with van der Waals surface area (Å²) < 4.78 is 1.90. The van der Waals surface area contributed by atoms with Crippen LogP contribution in [0.1, 0.15) is 19.2 Å². The lowest BCUT2D eigenvalue weighted by molar-refractivity contribution is -0.121. The molecular weight excluding hydrogens is 180 g/mol. The Bertz CT molecular complexity index is 295. The number of carbonyl (C=O) groups is 1. The molecule has 0 fully saturated rings. The number of rotatable bonds is 5. The molecule has 78 valence electrons. The van der Waals surface area contributed by atoms with Gasteiger partial charge < -0.3 is 15.6 Å². The molecule has 14 heavy (non-hydrogen) atoms. The molecular formula is C9H16N4O. The number of aromatic nitrogens is 2. The fourth-order valence-electron chi connectivity index (χ4n) is 1.24. The molecule has 0 saturated heterocycles. The molecule has 0 radical (unpaired) electrons. The minimum atomic E-state index is 0.0594. The van der Waals surface area contributed by atoms with Gasteiger partial charge in [0.05, 0.1) is 6.54 Å². The van der Waals surface area contributed by atoms with Crippen LogP contribution in [0.4, 0.5) is 0 Å². The van der Waals surface area contributed by atoms with Crippen molar-refractivity contribution >= 4 is 5.91 Å². The molecule has 5 heteroatoms. The van der Waals surface area contributed by atoms with Crippen molar-refractivity contribution in [2.75, 3.05) is 6.54 Å². The average Bonchev–Trinajstić information content (AvgIpc) is 2.62. The summed E-state index contributed by atoms with van der Waals surface area (Å²) in [5, 5.41) is 2.74. The Balaban J connectivity index is 2.41. The third-order valence-electron chi connectivity index (χ3n) is 1.94. The molecule has 1 rings (SSSR count). The Morgan fingerprint density at radius 1 is 1.71 bits per heavy atom. The molecule has 0 spiro atoms. The van der Waals surface area contributed by atoms with E-state index >= 15 is 0 Å². The van der Waals surface area contributed by atoms with Gasteiger partial charge in [0.2, 0.25) is 5.91 Å². The summed E-state index contributed by atoms with van der Waals surface area (Å²) in [6, 6.07) is 0. The van der Waals surface area contributed by atoms with Crippen LogP contribution in [0.15, 0.2) is 12.4 Å². The highest BCUT2D eigenvalue weighted by molar-refractivity contribution is 5.75. The maximum Gasteiger partial charge on any atom is 0.221 e. The van der Waals surface area contributed by atoms with Crippen molar-refractivity contribution in [3.05, 3.63) is 18.2 Å². The zero-order valence-corrected chi connectivity index (χ0v) is 8.36. The lowest BCUT2D eigenvalue weighted by Crippen LogP contribution is -2.24. The Hall–Kier alpha value is -1.36. The molecule has 0 aliphatic rings. The highest BCUT2D eigenvalue weighted by Crippen LogP contribution is 1.98. The normalized spacial score (nSPS) is 10.1. The van der Waals surface area contributed by atoms with Crippen molar-refractivity contribution < 1.29 is 4.79 Å². The average molecular weight is 196 g/mol. The van der Waals surface area contributed by atoms with E-state index in [9.17, 15) is 4.79 Å². The molecule has 0 aliphatic carbocycles. The van der Waals surface area contributed by atoms with E-state index in [1.807, 2.05) is 17.7 Å². The van der Waals surface area contributed by atoms with Gasteiger partial charge in [-0.25, -0.2) is 4.98 Å². The van der Waals surface area contributed by atoms with E-state index in [1.54, 1.807) is 6.20 Å². The second-order valence-electron chi connectivity index (χ2n) is 2.94. The first-order valence-electron chi connectivity index (χ1n) is 4.74. The Labute approximate surface area is 83.3 Å². The maximum atomic E-state index is 11.2. The van der Waals surface area contributed by atoms with Crippen LogP contribution in [0, 0.1) is 0 Å². The van der Waals surface area contributed by atoms with Gasteiger partial charge in [-0.15, -0.1) is 0 Å². The Morgan fingerprint density at radius 3 is 3.14 bits per heavy atom. The number of carbonyl (C=O) groups excluding carboxylic acids is 1. The monoisotopic (exact) mass is 196 g/mol. The SMILES string of the molecule is CCNC(=O)CCn1ccnc1CN. The maximum absolute atomic E-state index is 11.2. The summed E-state index contributed by atoms with van der Waals surface area (Å²) in [5.41, 5.74) is 5.48. The van der Waals surface area contributed by atoms with Gasteiger partial charge in [0.1, 0.15) is 5.82 Å². The number of amides is 1. The summed E-state index contributed by atoms with van der Waals surface area (Å²) in [5.74, 6) is 0.874. The van der Waals surface area contributed by atoms with E-state index in [0.29, 0.717) is 26.1 Å². The van der Waals surface area contributed by atoms with Crippen LogP contribution in [0.25, 0.3) is 0 Å². The zero-order chi connectivity index (χ0) is 10.4. The fraction of sp³-hybridized carbons (Fsp3) is 0.556. The Kier molecular flexibility index (Phi) is 4.12. The number of aryl methyl sites for hydroxylation is 1. The molecule has 1 aromatic rings. The van der Waals surface area contributed by atoms with Crippen molar-refractivity contribution in [2.45, 2.75) is 26.4 Å². The van der Waals surface area contributed by atoms with E-state index in [-0.39, 0.29) is 5.91 Å². The van der Waals surface area contributed by atoms with Gasteiger partial charge in [0, 0.05) is 31.9 Å². The second kappa shape index (κ2) is 5.39. The number of hydrogen-bond donors (Lipinski definition) is 2. The highest BCUT2D eigenvalue weighted by atomic mass is 16.1. The van der Waals surface area contributed by atoms with Gasteiger partial charge in [-0.05, 0) is 6.92 Å². The molecule has 0 aromatic carbocycles. The minimum absolute atomic E-state index is 0.0594. The van der Waals surface area contributed by atoms with Crippen LogP contribution >= 0.6 is 0 Å². The van der Waals surface area contributed by atoms with Crippen molar-refractivity contribution in [3.63, 3.8) is 0 Å². The molecule has 0 unspecified atom stereocenters. The molecule has 0 saturated carbocycles. The molecule has 0 aliphatic heterocycles. The second-order valence-corrected chi connectivity index (χ2v) is 2.94. The first kappa shape index (κ1) is 10.7. The first-order chi connectivity index (χ1) is 6.77. The minimum Gasteiger partial charge on any atom is -0.356 e. The third kappa shape index (κ3) is 2.85. The van der Waals surface area contributed by atoms with E-state index < -0.39 is 0 Å². The Morgan fingerprint density at radius 2 is 2.50 bits per heavy atom. The van der Waals surface area contributed by atoms with Gasteiger partial charge in [0.25, 0.3) is 0 Å². The number of nitrogens with zero attached hydrogens (tertiary/aromatic N) is 2. The van der Waals surface area contributed by atoms with E-state index in [1.165, 1.54) is 0 Å². The standard InChI is InChI=1S/C9H16N4O/c1-2-11-9(14)3-5-13-6-4-12-8(13)7-10/h4,6H,2-3,5,7,10H2,1H3,(H,11,14). The van der Waals surface area contributed by atoms with Crippen molar-refractivity contribution in [3.8, 4) is 0 Å². The topological polar surface area (TPSA) is 72.9 Å². The van der Waals surface area contributed by atoms with Gasteiger partial charge in [0.15, 0.2) is 0 Å². The first-order valence-corrected chi connectivity index (χ1v) is 4.74. The van der Waals surface area contributed by atoms with Gasteiger partial charge in [-0.2, -0.15) is 0 Å². The predicted molar refractivity (Wildman–Crippen MR) is 53.4 cm³/mol. The van der Waals surface area contributed by atoms with Crippen molar-refractivity contribution in [1.29, 1.82) is 0 Å². The van der Waals surface area contributed by atoms with Gasteiger partial charge in [-0.3, -0.25) is 4.79 Å². The zero-order valence-electron chi connectivity index (χ0n) is 8.36. The summed E-state index contributed by atoms with van der Waals surface area (Å²) in [4.78, 5) is 15.2. The molecule has 3 N–H and O–H groups in total. The number of nitrogens with two attached hydrogens (primary N) is 1. The number of nitrogens with one attached hydrogen (secondary N) is 1. The summed E-state index contributed by atoms with van der Waals surface area (Å²) >= 11 is 0. The number of imidazole rings is 1. The van der Waals surface area contributed by atoms with Crippen LogP contribution < -0.4 is 11.1 Å². The molecule has 5 nitrogen and oxygen atoms in total. The molecule has 1 heterocycles. The highest BCUT2D eigenvalue weighted by Gasteiger charge is 2.03. The fourth-order valence-corrected chi connectivity index (χ4v) is 1.24. The van der Waals surface area contributed by atoms with Crippen molar-refractivity contribution in [2.24, 2.45) is 5.73 Å². The summed E-state index contributed by atoms with van der Waals surface area (Å²) in [7, 11) is 0. The molecule has 0 atom stereocenters. The third-order valence-corrected chi connectivity index (χ3v) is 1.94. The van der Waals surface area contributed by atoms with E-state index in [4.69, 9.17) is 5.73 Å². The van der Waals surface area contributed by atoms with Crippen LogP contribution in [0.2, 0.25) is 0 Å². The van der Waals surface area contributed by atoms with Gasteiger partial charge in [-0.1, -0.05) is 0 Å². The van der Waals surface area contributed by atoms with Crippen LogP contribution in [0.3, 0.4) is 0 Å². The number of hydrogen-bond acceptors (Lipinski definition) is 3.